The molecule has 0 aliphatic rings. The van der Waals surface area contributed by atoms with Gasteiger partial charge >= 0.3 is 5.69 Å². The molecule has 0 spiro atoms. The van der Waals surface area contributed by atoms with Crippen LogP contribution in [0.25, 0.3) is 0 Å². The van der Waals surface area contributed by atoms with Gasteiger partial charge in [0.15, 0.2) is 0 Å². The fourth-order valence-electron chi connectivity index (χ4n) is 2.25. The molecular formula is C15H18N4O4. The van der Waals surface area contributed by atoms with Crippen molar-refractivity contribution in [2.75, 3.05) is 12.4 Å². The minimum Gasteiger partial charge on any atom is -0.495 e. The molecule has 1 heterocycles. The van der Waals surface area contributed by atoms with Crippen molar-refractivity contribution >= 4 is 17.3 Å². The van der Waals surface area contributed by atoms with Crippen LogP contribution >= 0.6 is 0 Å². The van der Waals surface area contributed by atoms with Crippen LogP contribution in [0.2, 0.25) is 0 Å². The van der Waals surface area contributed by atoms with Crippen LogP contribution in [0, 0.1) is 24.0 Å². The maximum Gasteiger partial charge on any atom is 0.309 e. The zero-order valence-corrected chi connectivity index (χ0v) is 13.4. The summed E-state index contributed by atoms with van der Waals surface area (Å²) in [7, 11) is 1.52. The van der Waals surface area contributed by atoms with Gasteiger partial charge in [0.25, 0.3) is 0 Å². The molecule has 122 valence electrons. The highest BCUT2D eigenvalue weighted by atomic mass is 16.6. The van der Waals surface area contributed by atoms with Crippen molar-refractivity contribution in [2.24, 2.45) is 0 Å². The lowest BCUT2D eigenvalue weighted by molar-refractivity contribution is -0.385. The van der Waals surface area contributed by atoms with E-state index < -0.39 is 11.0 Å². The second-order valence-electron chi connectivity index (χ2n) is 5.19. The Morgan fingerprint density at radius 2 is 2.13 bits per heavy atom. The summed E-state index contributed by atoms with van der Waals surface area (Å²) in [5.74, 6) is 0.203. The number of benzene rings is 1. The van der Waals surface area contributed by atoms with E-state index in [0.29, 0.717) is 17.1 Å². The maximum absolute atomic E-state index is 12.4. The van der Waals surface area contributed by atoms with Crippen LogP contribution in [-0.2, 0) is 4.79 Å². The van der Waals surface area contributed by atoms with Gasteiger partial charge in [0, 0.05) is 0 Å². The van der Waals surface area contributed by atoms with E-state index in [2.05, 4.69) is 10.4 Å². The minimum absolute atomic E-state index is 0.113. The number of methoxy groups -OCH3 is 1. The topological polar surface area (TPSA) is 99.3 Å². The molecule has 1 N–H and O–H groups in total. The van der Waals surface area contributed by atoms with Gasteiger partial charge in [0.05, 0.1) is 17.7 Å². The lowest BCUT2D eigenvalue weighted by Crippen LogP contribution is -2.25. The molecule has 1 unspecified atom stereocenters. The fraction of sp³-hybridized carbons (Fsp3) is 0.333. The van der Waals surface area contributed by atoms with Gasteiger partial charge in [-0.1, -0.05) is 6.07 Å². The summed E-state index contributed by atoms with van der Waals surface area (Å²) in [4.78, 5) is 22.8. The summed E-state index contributed by atoms with van der Waals surface area (Å²) in [6.45, 7) is 5.09. The van der Waals surface area contributed by atoms with Crippen molar-refractivity contribution in [1.29, 1.82) is 0 Å². The molecule has 2 rings (SSSR count). The number of hydrogen-bond acceptors (Lipinski definition) is 5. The normalized spacial score (nSPS) is 11.8. The number of rotatable bonds is 5. The van der Waals surface area contributed by atoms with Crippen LogP contribution in [0.15, 0.2) is 24.4 Å². The molecule has 0 fully saturated rings. The summed E-state index contributed by atoms with van der Waals surface area (Å²) in [5, 5.41) is 17.6. The Hall–Kier alpha value is -2.90. The Bertz CT molecular complexity index is 754. The summed E-state index contributed by atoms with van der Waals surface area (Å²) in [6.07, 6.45) is 1.15. The van der Waals surface area contributed by atoms with E-state index in [-0.39, 0.29) is 11.6 Å². The molecule has 1 aromatic carbocycles. The molecule has 23 heavy (non-hydrogen) atoms. The first-order chi connectivity index (χ1) is 10.8. The Morgan fingerprint density at radius 3 is 2.70 bits per heavy atom. The first kappa shape index (κ1) is 16.5. The molecule has 0 aliphatic carbocycles. The van der Waals surface area contributed by atoms with Gasteiger partial charge in [-0.05, 0) is 38.5 Å². The second-order valence-corrected chi connectivity index (χ2v) is 5.19. The first-order valence-corrected chi connectivity index (χ1v) is 6.99. The Balaban J connectivity index is 2.24. The number of hydrogen-bond donors (Lipinski definition) is 1. The van der Waals surface area contributed by atoms with E-state index in [0.717, 1.165) is 11.8 Å². The second kappa shape index (κ2) is 6.47. The number of aromatic nitrogens is 2. The third-order valence-corrected chi connectivity index (χ3v) is 3.57. The third-order valence-electron chi connectivity index (χ3n) is 3.57. The number of nitrogens with zero attached hydrogens (tertiary/aromatic N) is 3. The highest BCUT2D eigenvalue weighted by molar-refractivity contribution is 5.95. The SMILES string of the molecule is COc1ccc(C)cc1NC(=O)C(C)n1ncc([N+](=O)[O-])c1C. The van der Waals surface area contributed by atoms with Crippen LogP contribution in [0.4, 0.5) is 11.4 Å². The number of amides is 1. The molecule has 0 saturated carbocycles. The van der Waals surface area contributed by atoms with E-state index in [4.69, 9.17) is 4.74 Å². The number of carbonyl (C=O) groups excluding carboxylic acids is 1. The molecular weight excluding hydrogens is 300 g/mol. The molecule has 1 aromatic heterocycles. The van der Waals surface area contributed by atoms with Gasteiger partial charge in [-0.3, -0.25) is 19.6 Å². The molecule has 2 aromatic rings. The average molecular weight is 318 g/mol. The Labute approximate surface area is 133 Å². The third kappa shape index (κ3) is 3.31. The van der Waals surface area contributed by atoms with Gasteiger partial charge < -0.3 is 10.1 Å². The van der Waals surface area contributed by atoms with Crippen molar-refractivity contribution in [3.8, 4) is 5.75 Å². The van der Waals surface area contributed by atoms with E-state index in [1.54, 1.807) is 26.0 Å². The molecule has 0 bridgehead atoms. The lowest BCUT2D eigenvalue weighted by atomic mass is 10.2. The smallest absolute Gasteiger partial charge is 0.309 e. The quantitative estimate of drug-likeness (QED) is 0.675. The number of ether oxygens (including phenoxy) is 1. The molecule has 0 saturated heterocycles. The van der Waals surface area contributed by atoms with Gasteiger partial charge in [0.2, 0.25) is 5.91 Å². The first-order valence-electron chi connectivity index (χ1n) is 6.99. The standard InChI is InChI=1S/C15H18N4O4/c1-9-5-6-14(23-4)12(7-9)17-15(20)11(3)18-10(2)13(8-16-18)19(21)22/h5-8,11H,1-4H3,(H,17,20). The molecule has 0 aliphatic heterocycles. The van der Waals surface area contributed by atoms with E-state index >= 15 is 0 Å². The molecule has 1 atom stereocenters. The summed E-state index contributed by atoms with van der Waals surface area (Å²) in [5.41, 5.74) is 1.73. The van der Waals surface area contributed by atoms with Crippen LogP contribution in [-0.4, -0.2) is 27.7 Å². The predicted octanol–water partition coefficient (Wildman–Crippen LogP) is 2.62. The zero-order chi connectivity index (χ0) is 17.1. The highest BCUT2D eigenvalue weighted by Gasteiger charge is 2.24. The van der Waals surface area contributed by atoms with E-state index in [1.165, 1.54) is 11.8 Å². The monoisotopic (exact) mass is 318 g/mol. The van der Waals surface area contributed by atoms with Crippen LogP contribution in [0.3, 0.4) is 0 Å². The fourth-order valence-corrected chi connectivity index (χ4v) is 2.25. The van der Waals surface area contributed by atoms with Gasteiger partial charge in [-0.15, -0.1) is 0 Å². The molecule has 8 heteroatoms. The largest absolute Gasteiger partial charge is 0.495 e. The van der Waals surface area contributed by atoms with Gasteiger partial charge in [0.1, 0.15) is 23.7 Å². The van der Waals surface area contributed by atoms with Crippen LogP contribution in [0.1, 0.15) is 24.2 Å². The number of anilines is 1. The van der Waals surface area contributed by atoms with Crippen molar-refractivity contribution in [3.63, 3.8) is 0 Å². The number of nitrogens with one attached hydrogen (secondary N) is 1. The van der Waals surface area contributed by atoms with E-state index in [9.17, 15) is 14.9 Å². The summed E-state index contributed by atoms with van der Waals surface area (Å²) >= 11 is 0. The minimum atomic E-state index is -0.700. The Kier molecular flexibility index (Phi) is 4.63. The Morgan fingerprint density at radius 1 is 1.43 bits per heavy atom. The molecule has 1 amide bonds. The number of aryl methyl sites for hydroxylation is 1. The van der Waals surface area contributed by atoms with Crippen LogP contribution in [0.5, 0.6) is 5.75 Å². The average Bonchev–Trinajstić information content (AvgIpc) is 2.88. The van der Waals surface area contributed by atoms with E-state index in [1.807, 2.05) is 13.0 Å². The number of carbonyl (C=O) groups is 1. The van der Waals surface area contributed by atoms with Gasteiger partial charge in [-0.25, -0.2) is 0 Å². The highest BCUT2D eigenvalue weighted by Crippen LogP contribution is 2.27. The lowest BCUT2D eigenvalue weighted by Gasteiger charge is -2.16. The van der Waals surface area contributed by atoms with Gasteiger partial charge in [-0.2, -0.15) is 5.10 Å². The van der Waals surface area contributed by atoms with Crippen LogP contribution < -0.4 is 10.1 Å². The summed E-state index contributed by atoms with van der Waals surface area (Å²) in [6, 6.07) is 4.73. The maximum atomic E-state index is 12.4. The van der Waals surface area contributed by atoms with Crippen molar-refractivity contribution in [1.82, 2.24) is 9.78 Å². The number of nitro groups is 1. The van der Waals surface area contributed by atoms with Crippen molar-refractivity contribution < 1.29 is 14.5 Å². The molecule has 0 radical (unpaired) electrons. The zero-order valence-electron chi connectivity index (χ0n) is 13.4. The van der Waals surface area contributed by atoms with Crippen molar-refractivity contribution in [3.05, 3.63) is 45.8 Å². The predicted molar refractivity (Wildman–Crippen MR) is 84.7 cm³/mol. The van der Waals surface area contributed by atoms with Crippen molar-refractivity contribution in [2.45, 2.75) is 26.8 Å². The summed E-state index contributed by atoms with van der Waals surface area (Å²) < 4.78 is 6.55. The molecule has 8 nitrogen and oxygen atoms in total.